The van der Waals surface area contributed by atoms with E-state index >= 15 is 0 Å². The fourth-order valence-corrected chi connectivity index (χ4v) is 4.79. The molecule has 174 valence electrons. The van der Waals surface area contributed by atoms with Crippen molar-refractivity contribution in [2.75, 3.05) is 25.5 Å². The van der Waals surface area contributed by atoms with Crippen LogP contribution in [-0.2, 0) is 6.42 Å². The molecule has 1 saturated heterocycles. The van der Waals surface area contributed by atoms with Gasteiger partial charge in [0.1, 0.15) is 0 Å². The first-order chi connectivity index (χ1) is 16.6. The number of allylic oxidation sites excluding steroid dienone is 1. The molecule has 3 aromatic heterocycles. The van der Waals surface area contributed by atoms with Crippen molar-refractivity contribution in [1.82, 2.24) is 29.6 Å². The van der Waals surface area contributed by atoms with Crippen LogP contribution in [0.3, 0.4) is 0 Å². The van der Waals surface area contributed by atoms with Crippen molar-refractivity contribution in [3.8, 4) is 0 Å². The molecule has 0 atom stereocenters. The Morgan fingerprint density at radius 3 is 2.74 bits per heavy atom. The number of anilines is 1. The summed E-state index contributed by atoms with van der Waals surface area (Å²) in [6.45, 7) is 2.12. The third-order valence-corrected chi connectivity index (χ3v) is 6.72. The van der Waals surface area contributed by atoms with Gasteiger partial charge in [0.2, 0.25) is 0 Å². The Labute approximate surface area is 200 Å². The van der Waals surface area contributed by atoms with Crippen molar-refractivity contribution in [3.63, 3.8) is 0 Å². The van der Waals surface area contributed by atoms with Gasteiger partial charge in [0, 0.05) is 39.6 Å². The summed E-state index contributed by atoms with van der Waals surface area (Å²) in [4.78, 5) is 28.7. The highest BCUT2D eigenvalue weighted by Crippen LogP contribution is 2.33. The molecular formula is C26H29N7O. The van der Waals surface area contributed by atoms with Gasteiger partial charge in [0.05, 0.1) is 40.2 Å². The number of hydrogen-bond acceptors (Lipinski definition) is 6. The van der Waals surface area contributed by atoms with Crippen LogP contribution < -0.4 is 5.32 Å². The molecule has 0 unspecified atom stereocenters. The second kappa shape index (κ2) is 8.46. The first-order valence-corrected chi connectivity index (χ1v) is 11.6. The Balaban J connectivity index is 0.00000152. The topological polar surface area (TPSA) is 88.8 Å². The molecular weight excluding hydrogens is 426 g/mol. The summed E-state index contributed by atoms with van der Waals surface area (Å²) >= 11 is 0. The van der Waals surface area contributed by atoms with Gasteiger partial charge in [-0.1, -0.05) is 12.1 Å². The quantitative estimate of drug-likeness (QED) is 0.496. The maximum Gasteiger partial charge on any atom is 0.257 e. The predicted octanol–water partition coefficient (Wildman–Crippen LogP) is 4.22. The molecule has 0 bridgehead atoms. The third kappa shape index (κ3) is 3.86. The van der Waals surface area contributed by atoms with Crippen LogP contribution in [0.1, 0.15) is 48.9 Å². The number of carbonyl (C=O) groups excluding carboxylic acids is 1. The van der Waals surface area contributed by atoms with Crippen LogP contribution in [-0.4, -0.2) is 55.7 Å². The molecule has 1 N–H and O–H groups in total. The van der Waals surface area contributed by atoms with E-state index in [9.17, 15) is 4.79 Å². The highest BCUT2D eigenvalue weighted by Gasteiger charge is 2.21. The van der Waals surface area contributed by atoms with E-state index < -0.39 is 0 Å². The molecule has 34 heavy (non-hydrogen) atoms. The van der Waals surface area contributed by atoms with E-state index in [-0.39, 0.29) is 8.76 Å². The van der Waals surface area contributed by atoms with Gasteiger partial charge in [0.25, 0.3) is 5.91 Å². The number of carbonyl (C=O) groups is 1. The monoisotopic (exact) mass is 455 g/mol. The zero-order valence-corrected chi connectivity index (χ0v) is 19.0. The number of nitrogens with one attached hydrogen (secondary N) is 1. The zero-order valence-electron chi connectivity index (χ0n) is 19.0. The molecule has 1 fully saturated rings. The molecule has 1 amide bonds. The second-order valence-electron chi connectivity index (χ2n) is 9.00. The number of amides is 1. The normalized spacial score (nSPS) is 16.4. The molecule has 4 aromatic rings. The Morgan fingerprint density at radius 2 is 1.88 bits per heavy atom. The lowest BCUT2D eigenvalue weighted by Crippen LogP contribution is -2.31. The van der Waals surface area contributed by atoms with Crippen LogP contribution in [0.2, 0.25) is 0 Å². The van der Waals surface area contributed by atoms with Gasteiger partial charge in [-0.3, -0.25) is 24.4 Å². The van der Waals surface area contributed by atoms with Gasteiger partial charge < -0.3 is 10.2 Å². The number of hydrogen-bond donors (Lipinski definition) is 1. The van der Waals surface area contributed by atoms with Crippen LogP contribution in [0, 0.1) is 0 Å². The molecule has 1 aliphatic heterocycles. The largest absolute Gasteiger partial charge is 0.319 e. The third-order valence-electron chi connectivity index (χ3n) is 6.72. The Bertz CT molecular complexity index is 1430. The number of benzene rings is 1. The zero-order chi connectivity index (χ0) is 23.1. The van der Waals surface area contributed by atoms with E-state index in [2.05, 4.69) is 43.4 Å². The molecule has 6 rings (SSSR count). The van der Waals surface area contributed by atoms with Gasteiger partial charge in [-0.15, -0.1) is 0 Å². The SMILES string of the molecule is CN1CCC(n2cc(NC(=O)c3cnc4c(c3)C(c3ccc5nccnc5c3)=CC4)cn2)CC1.[HH].[HH]. The van der Waals surface area contributed by atoms with Gasteiger partial charge in [-0.25, -0.2) is 0 Å². The molecule has 2 aliphatic rings. The maximum absolute atomic E-state index is 13.0. The molecule has 0 radical (unpaired) electrons. The molecule has 8 heteroatoms. The van der Waals surface area contributed by atoms with E-state index in [4.69, 9.17) is 0 Å². The molecule has 1 aromatic carbocycles. The average Bonchev–Trinajstić information content (AvgIpc) is 3.51. The van der Waals surface area contributed by atoms with E-state index in [0.29, 0.717) is 17.3 Å². The smallest absolute Gasteiger partial charge is 0.257 e. The van der Waals surface area contributed by atoms with Gasteiger partial charge in [-0.05, 0) is 62.3 Å². The number of pyridine rings is 1. The van der Waals surface area contributed by atoms with Crippen LogP contribution in [0.5, 0.6) is 0 Å². The van der Waals surface area contributed by atoms with Crippen molar-refractivity contribution in [2.24, 2.45) is 0 Å². The van der Waals surface area contributed by atoms with Crippen LogP contribution >= 0.6 is 0 Å². The number of nitrogens with zero attached hydrogens (tertiary/aromatic N) is 6. The highest BCUT2D eigenvalue weighted by molar-refractivity contribution is 6.05. The molecule has 0 saturated carbocycles. The Hall–Kier alpha value is -3.91. The lowest BCUT2D eigenvalue weighted by atomic mass is 9.99. The lowest BCUT2D eigenvalue weighted by molar-refractivity contribution is 0.102. The second-order valence-corrected chi connectivity index (χ2v) is 9.00. The average molecular weight is 456 g/mol. The summed E-state index contributed by atoms with van der Waals surface area (Å²) in [5.41, 5.74) is 7.01. The maximum atomic E-state index is 13.0. The van der Waals surface area contributed by atoms with E-state index in [1.165, 1.54) is 0 Å². The summed E-state index contributed by atoms with van der Waals surface area (Å²) in [5, 5.41) is 7.48. The number of rotatable bonds is 4. The van der Waals surface area contributed by atoms with Crippen molar-refractivity contribution in [1.29, 1.82) is 0 Å². The van der Waals surface area contributed by atoms with Gasteiger partial charge in [-0.2, -0.15) is 5.10 Å². The van der Waals surface area contributed by atoms with E-state index in [0.717, 1.165) is 65.8 Å². The van der Waals surface area contributed by atoms with E-state index in [1.807, 2.05) is 35.1 Å². The summed E-state index contributed by atoms with van der Waals surface area (Å²) < 4.78 is 1.98. The standard InChI is InChI=1S/C26H25N7O.2H2/c1-32-10-6-20(7-11-32)33-16-19(15-30-33)31-26(34)18-12-22-21(3-5-23(22)29-14-18)17-2-4-24-25(13-17)28-9-8-27-24;;/h2-4,8-9,12-16,20H,5-7,10-11H2,1H3,(H,31,34);2*1H. The van der Waals surface area contributed by atoms with Crippen molar-refractivity contribution in [2.45, 2.75) is 25.3 Å². The number of aromatic nitrogens is 5. The summed E-state index contributed by atoms with van der Waals surface area (Å²) in [6.07, 6.45) is 13.7. The number of likely N-dealkylation sites (tertiary alicyclic amines) is 1. The summed E-state index contributed by atoms with van der Waals surface area (Å²) in [5.74, 6) is -0.186. The number of piperidine rings is 1. The summed E-state index contributed by atoms with van der Waals surface area (Å²) in [6, 6.07) is 8.36. The molecule has 4 heterocycles. The van der Waals surface area contributed by atoms with Crippen molar-refractivity contribution >= 4 is 28.2 Å². The first kappa shape index (κ1) is 20.7. The molecule has 8 nitrogen and oxygen atoms in total. The highest BCUT2D eigenvalue weighted by atomic mass is 16.1. The van der Waals surface area contributed by atoms with Crippen LogP contribution in [0.4, 0.5) is 5.69 Å². The first-order valence-electron chi connectivity index (χ1n) is 11.6. The lowest BCUT2D eigenvalue weighted by Gasteiger charge is -2.28. The molecule has 1 aliphatic carbocycles. The summed E-state index contributed by atoms with van der Waals surface area (Å²) in [7, 11) is 2.14. The van der Waals surface area contributed by atoms with Crippen molar-refractivity contribution in [3.05, 3.63) is 83.7 Å². The fourth-order valence-electron chi connectivity index (χ4n) is 4.79. The van der Waals surface area contributed by atoms with Gasteiger partial charge in [0.15, 0.2) is 0 Å². The van der Waals surface area contributed by atoms with Gasteiger partial charge >= 0.3 is 0 Å². The minimum atomic E-state index is -0.186. The van der Waals surface area contributed by atoms with E-state index in [1.54, 1.807) is 24.8 Å². The minimum absolute atomic E-state index is 0. The van der Waals surface area contributed by atoms with Crippen LogP contribution in [0.25, 0.3) is 16.6 Å². The van der Waals surface area contributed by atoms with Crippen molar-refractivity contribution < 1.29 is 7.65 Å². The predicted molar refractivity (Wildman–Crippen MR) is 135 cm³/mol. The number of fused-ring (bicyclic) bond motifs is 2. The molecule has 0 spiro atoms. The fraction of sp³-hybridized carbons (Fsp3) is 0.269. The Kier molecular flexibility index (Phi) is 5.15. The van der Waals surface area contributed by atoms with Crippen LogP contribution in [0.15, 0.2) is 61.3 Å². The Morgan fingerprint density at radius 1 is 1.06 bits per heavy atom. The minimum Gasteiger partial charge on any atom is -0.319 e.